The minimum atomic E-state index is -0.281. The molecule has 134 valence electrons. The molecule has 27 heavy (non-hydrogen) atoms. The average Bonchev–Trinajstić information content (AvgIpc) is 3.08. The third kappa shape index (κ3) is 3.80. The quantitative estimate of drug-likeness (QED) is 0.446. The van der Waals surface area contributed by atoms with E-state index >= 15 is 0 Å². The molecular weight excluding hydrogens is 342 g/mol. The Hall–Kier alpha value is -3.27. The summed E-state index contributed by atoms with van der Waals surface area (Å²) < 4.78 is 28.5. The van der Waals surface area contributed by atoms with Crippen molar-refractivity contribution in [2.24, 2.45) is 0 Å². The SMILES string of the molecule is Cc1ccc(Cn2nc(-c3ccc(F)cc3)cc2-c2ccc(F)cc2)cc1. The molecule has 0 aliphatic rings. The maximum Gasteiger partial charge on any atom is 0.123 e. The predicted octanol–water partition coefficient (Wildman–Crippen LogP) is 5.85. The third-order valence-electron chi connectivity index (χ3n) is 4.51. The van der Waals surface area contributed by atoms with Crippen molar-refractivity contribution in [1.82, 2.24) is 9.78 Å². The van der Waals surface area contributed by atoms with E-state index in [4.69, 9.17) is 5.10 Å². The molecule has 4 rings (SSSR count). The van der Waals surface area contributed by atoms with Crippen molar-refractivity contribution in [1.29, 1.82) is 0 Å². The van der Waals surface area contributed by atoms with E-state index in [1.807, 2.05) is 17.7 Å². The first-order chi connectivity index (χ1) is 13.1. The number of rotatable bonds is 4. The second-order valence-corrected chi connectivity index (χ2v) is 6.57. The lowest BCUT2D eigenvalue weighted by atomic mass is 10.1. The molecular formula is C23H18F2N2. The summed E-state index contributed by atoms with van der Waals surface area (Å²) >= 11 is 0. The number of nitrogens with zero attached hydrogens (tertiary/aromatic N) is 2. The molecule has 0 aliphatic heterocycles. The fourth-order valence-electron chi connectivity index (χ4n) is 3.02. The molecule has 3 aromatic carbocycles. The zero-order valence-electron chi connectivity index (χ0n) is 14.9. The van der Waals surface area contributed by atoms with Crippen LogP contribution in [0.2, 0.25) is 0 Å². The van der Waals surface area contributed by atoms with Gasteiger partial charge in [0.05, 0.1) is 17.9 Å². The van der Waals surface area contributed by atoms with E-state index in [2.05, 4.69) is 24.3 Å². The molecule has 1 heterocycles. The number of halogens is 2. The monoisotopic (exact) mass is 360 g/mol. The number of hydrogen-bond donors (Lipinski definition) is 0. The molecule has 0 saturated carbocycles. The largest absolute Gasteiger partial charge is 0.260 e. The lowest BCUT2D eigenvalue weighted by Gasteiger charge is -2.08. The van der Waals surface area contributed by atoms with Gasteiger partial charge in [-0.05, 0) is 67.1 Å². The smallest absolute Gasteiger partial charge is 0.123 e. The molecule has 4 aromatic rings. The maximum absolute atomic E-state index is 13.3. The van der Waals surface area contributed by atoms with E-state index in [1.54, 1.807) is 24.3 Å². The van der Waals surface area contributed by atoms with Crippen molar-refractivity contribution in [2.75, 3.05) is 0 Å². The van der Waals surface area contributed by atoms with Crippen LogP contribution < -0.4 is 0 Å². The van der Waals surface area contributed by atoms with Gasteiger partial charge < -0.3 is 0 Å². The van der Waals surface area contributed by atoms with Crippen LogP contribution in [0.4, 0.5) is 8.78 Å². The molecule has 2 nitrogen and oxygen atoms in total. The van der Waals surface area contributed by atoms with Gasteiger partial charge in [-0.15, -0.1) is 0 Å². The number of aryl methyl sites for hydroxylation is 1. The van der Waals surface area contributed by atoms with Gasteiger partial charge in [-0.1, -0.05) is 29.8 Å². The Labute approximate surface area is 156 Å². The summed E-state index contributed by atoms with van der Waals surface area (Å²) in [7, 11) is 0. The minimum Gasteiger partial charge on any atom is -0.260 e. The Morgan fingerprint density at radius 2 is 1.30 bits per heavy atom. The fourth-order valence-corrected chi connectivity index (χ4v) is 3.02. The van der Waals surface area contributed by atoms with Gasteiger partial charge >= 0.3 is 0 Å². The summed E-state index contributed by atoms with van der Waals surface area (Å²) in [5.74, 6) is -0.557. The molecule has 0 N–H and O–H groups in total. The van der Waals surface area contributed by atoms with Crippen LogP contribution in [0.5, 0.6) is 0 Å². The molecule has 1 aromatic heterocycles. The zero-order chi connectivity index (χ0) is 18.8. The topological polar surface area (TPSA) is 17.8 Å². The van der Waals surface area contributed by atoms with Crippen molar-refractivity contribution in [2.45, 2.75) is 13.5 Å². The second-order valence-electron chi connectivity index (χ2n) is 6.57. The molecule has 0 aliphatic carbocycles. The Bertz CT molecular complexity index is 1050. The van der Waals surface area contributed by atoms with Crippen LogP contribution in [-0.2, 0) is 6.54 Å². The van der Waals surface area contributed by atoms with Gasteiger partial charge in [0.15, 0.2) is 0 Å². The van der Waals surface area contributed by atoms with Gasteiger partial charge in [0.25, 0.3) is 0 Å². The predicted molar refractivity (Wildman–Crippen MR) is 103 cm³/mol. The lowest BCUT2D eigenvalue weighted by Crippen LogP contribution is -2.04. The molecule has 0 amide bonds. The van der Waals surface area contributed by atoms with Crippen molar-refractivity contribution in [3.05, 3.63) is 102 Å². The molecule has 0 radical (unpaired) electrons. The van der Waals surface area contributed by atoms with Crippen LogP contribution in [0, 0.1) is 18.6 Å². The average molecular weight is 360 g/mol. The molecule has 0 unspecified atom stereocenters. The fraction of sp³-hybridized carbons (Fsp3) is 0.0870. The van der Waals surface area contributed by atoms with Crippen LogP contribution in [0.3, 0.4) is 0 Å². The molecule has 0 bridgehead atoms. The molecule has 0 fully saturated rings. The normalized spacial score (nSPS) is 10.9. The summed E-state index contributed by atoms with van der Waals surface area (Å²) in [6.45, 7) is 2.64. The van der Waals surface area contributed by atoms with Gasteiger partial charge in [0.2, 0.25) is 0 Å². The van der Waals surface area contributed by atoms with Crippen LogP contribution in [0.1, 0.15) is 11.1 Å². The highest BCUT2D eigenvalue weighted by molar-refractivity contribution is 5.68. The van der Waals surface area contributed by atoms with Crippen molar-refractivity contribution >= 4 is 0 Å². The first-order valence-electron chi connectivity index (χ1n) is 8.74. The number of hydrogen-bond acceptors (Lipinski definition) is 1. The third-order valence-corrected chi connectivity index (χ3v) is 4.51. The summed E-state index contributed by atoms with van der Waals surface area (Å²) in [5.41, 5.74) is 5.67. The highest BCUT2D eigenvalue weighted by Crippen LogP contribution is 2.27. The maximum atomic E-state index is 13.3. The van der Waals surface area contributed by atoms with Crippen LogP contribution >= 0.6 is 0 Å². The Kier molecular flexibility index (Phi) is 4.55. The molecule has 0 spiro atoms. The van der Waals surface area contributed by atoms with E-state index in [0.29, 0.717) is 6.54 Å². The lowest BCUT2D eigenvalue weighted by molar-refractivity contribution is 0.627. The molecule has 0 saturated heterocycles. The van der Waals surface area contributed by atoms with Crippen LogP contribution in [0.15, 0.2) is 78.9 Å². The first-order valence-corrected chi connectivity index (χ1v) is 8.74. The summed E-state index contributed by atoms with van der Waals surface area (Å²) in [6.07, 6.45) is 0. The molecule has 0 atom stereocenters. The van der Waals surface area contributed by atoms with Gasteiger partial charge in [0, 0.05) is 11.1 Å². The highest BCUT2D eigenvalue weighted by atomic mass is 19.1. The highest BCUT2D eigenvalue weighted by Gasteiger charge is 2.12. The second kappa shape index (κ2) is 7.16. The van der Waals surface area contributed by atoms with Gasteiger partial charge in [-0.25, -0.2) is 8.78 Å². The van der Waals surface area contributed by atoms with E-state index in [1.165, 1.54) is 29.8 Å². The zero-order valence-corrected chi connectivity index (χ0v) is 14.9. The molecule has 4 heteroatoms. The minimum absolute atomic E-state index is 0.276. The van der Waals surface area contributed by atoms with Crippen LogP contribution in [-0.4, -0.2) is 9.78 Å². The summed E-state index contributed by atoms with van der Waals surface area (Å²) in [6, 6.07) is 22.9. The number of benzene rings is 3. The van der Waals surface area contributed by atoms with Gasteiger partial charge in [-0.2, -0.15) is 5.10 Å². The Balaban J connectivity index is 1.77. The van der Waals surface area contributed by atoms with E-state index in [9.17, 15) is 8.78 Å². The van der Waals surface area contributed by atoms with Crippen LogP contribution in [0.25, 0.3) is 22.5 Å². The van der Waals surface area contributed by atoms with E-state index in [-0.39, 0.29) is 11.6 Å². The van der Waals surface area contributed by atoms with Crippen molar-refractivity contribution < 1.29 is 8.78 Å². The van der Waals surface area contributed by atoms with E-state index in [0.717, 1.165) is 28.1 Å². The Morgan fingerprint density at radius 1 is 0.741 bits per heavy atom. The van der Waals surface area contributed by atoms with E-state index < -0.39 is 0 Å². The van der Waals surface area contributed by atoms with Crippen molar-refractivity contribution in [3.8, 4) is 22.5 Å². The summed E-state index contributed by atoms with van der Waals surface area (Å²) in [4.78, 5) is 0. The Morgan fingerprint density at radius 3 is 1.89 bits per heavy atom. The summed E-state index contributed by atoms with van der Waals surface area (Å²) in [5, 5.41) is 4.73. The van der Waals surface area contributed by atoms with Crippen molar-refractivity contribution in [3.63, 3.8) is 0 Å². The van der Waals surface area contributed by atoms with Gasteiger partial charge in [0.1, 0.15) is 11.6 Å². The van der Waals surface area contributed by atoms with Gasteiger partial charge in [-0.3, -0.25) is 4.68 Å². The number of aromatic nitrogens is 2. The standard InChI is InChI=1S/C23H18F2N2/c1-16-2-4-17(5-3-16)15-27-23(19-8-12-21(25)13-9-19)14-22(26-27)18-6-10-20(24)11-7-18/h2-14H,15H2,1H3. The first kappa shape index (κ1) is 17.2.